The van der Waals surface area contributed by atoms with Gasteiger partial charge >= 0.3 is 6.03 Å². The summed E-state index contributed by atoms with van der Waals surface area (Å²) in [5.74, 6) is -0.178. The van der Waals surface area contributed by atoms with Crippen LogP contribution in [0.4, 0.5) is 4.79 Å². The topological polar surface area (TPSA) is 70.2 Å². The van der Waals surface area contributed by atoms with Crippen molar-refractivity contribution >= 4 is 11.9 Å². The zero-order valence-corrected chi connectivity index (χ0v) is 11.5. The number of hydrogen-bond donors (Lipinski definition) is 3. The Labute approximate surface area is 104 Å². The first-order valence-corrected chi connectivity index (χ1v) is 6.12. The Morgan fingerprint density at radius 3 is 2.29 bits per heavy atom. The minimum Gasteiger partial charge on any atom is -0.350 e. The quantitative estimate of drug-likeness (QED) is 0.639. The van der Waals surface area contributed by atoms with Gasteiger partial charge in [-0.1, -0.05) is 13.3 Å². The molecule has 100 valence electrons. The van der Waals surface area contributed by atoms with E-state index in [1.165, 1.54) is 0 Å². The van der Waals surface area contributed by atoms with Gasteiger partial charge in [0.2, 0.25) is 5.91 Å². The van der Waals surface area contributed by atoms with Crippen molar-refractivity contribution in [2.24, 2.45) is 0 Å². The highest BCUT2D eigenvalue weighted by molar-refractivity contribution is 5.86. The van der Waals surface area contributed by atoms with Crippen molar-refractivity contribution in [2.75, 3.05) is 6.54 Å². The predicted molar refractivity (Wildman–Crippen MR) is 68.8 cm³/mol. The first-order valence-electron chi connectivity index (χ1n) is 6.12. The number of unbranched alkanes of at least 4 members (excludes halogenated alkanes) is 1. The molecule has 0 aromatic rings. The average Bonchev–Trinajstić information content (AvgIpc) is 2.15. The van der Waals surface area contributed by atoms with Gasteiger partial charge in [-0.2, -0.15) is 0 Å². The zero-order valence-electron chi connectivity index (χ0n) is 11.5. The van der Waals surface area contributed by atoms with Crippen LogP contribution in [0, 0.1) is 0 Å². The van der Waals surface area contributed by atoms with E-state index in [2.05, 4.69) is 22.9 Å². The highest BCUT2D eigenvalue weighted by Gasteiger charge is 2.20. The van der Waals surface area contributed by atoms with Crippen LogP contribution in [-0.2, 0) is 4.79 Å². The molecule has 0 spiro atoms. The van der Waals surface area contributed by atoms with Gasteiger partial charge in [-0.15, -0.1) is 0 Å². The number of urea groups is 1. The fourth-order valence-corrected chi connectivity index (χ4v) is 1.17. The Balaban J connectivity index is 3.95. The molecule has 5 heteroatoms. The molecule has 0 heterocycles. The third-order valence-electron chi connectivity index (χ3n) is 2.05. The number of carbonyl (C=O) groups is 2. The maximum absolute atomic E-state index is 11.7. The summed E-state index contributed by atoms with van der Waals surface area (Å²) in [6.07, 6.45) is 1.97. The number of rotatable bonds is 5. The highest BCUT2D eigenvalue weighted by atomic mass is 16.2. The Kier molecular flexibility index (Phi) is 6.61. The third-order valence-corrected chi connectivity index (χ3v) is 2.05. The van der Waals surface area contributed by atoms with Gasteiger partial charge in [0.1, 0.15) is 6.04 Å². The lowest BCUT2D eigenvalue weighted by Gasteiger charge is -2.23. The number of carbonyl (C=O) groups excluding carboxylic acids is 2. The SMILES string of the molecule is CCCCNC(=O)NC(C)C(=O)NC(C)(C)C. The van der Waals surface area contributed by atoms with Crippen molar-refractivity contribution in [1.29, 1.82) is 0 Å². The molecule has 1 atom stereocenters. The zero-order chi connectivity index (χ0) is 13.5. The van der Waals surface area contributed by atoms with Gasteiger partial charge in [0.15, 0.2) is 0 Å². The summed E-state index contributed by atoms with van der Waals surface area (Å²) < 4.78 is 0. The molecule has 0 aromatic heterocycles. The number of nitrogens with one attached hydrogen (secondary N) is 3. The molecule has 17 heavy (non-hydrogen) atoms. The Morgan fingerprint density at radius 1 is 1.24 bits per heavy atom. The molecule has 0 aromatic carbocycles. The van der Waals surface area contributed by atoms with Crippen LogP contribution in [0.25, 0.3) is 0 Å². The summed E-state index contributed by atoms with van der Waals surface area (Å²) in [6.45, 7) is 10.1. The molecule has 5 nitrogen and oxygen atoms in total. The van der Waals surface area contributed by atoms with Crippen molar-refractivity contribution in [1.82, 2.24) is 16.0 Å². The van der Waals surface area contributed by atoms with Crippen LogP contribution in [-0.4, -0.2) is 30.1 Å². The number of hydrogen-bond acceptors (Lipinski definition) is 2. The van der Waals surface area contributed by atoms with Crippen LogP contribution in [0.3, 0.4) is 0 Å². The fourth-order valence-electron chi connectivity index (χ4n) is 1.17. The van der Waals surface area contributed by atoms with E-state index in [-0.39, 0.29) is 17.5 Å². The molecule has 0 fully saturated rings. The van der Waals surface area contributed by atoms with E-state index < -0.39 is 6.04 Å². The molecule has 1 unspecified atom stereocenters. The predicted octanol–water partition coefficient (Wildman–Crippen LogP) is 1.39. The molecule has 0 bridgehead atoms. The van der Waals surface area contributed by atoms with E-state index in [9.17, 15) is 9.59 Å². The molecule has 0 saturated carbocycles. The lowest BCUT2D eigenvalue weighted by molar-refractivity contribution is -0.123. The van der Waals surface area contributed by atoms with Crippen molar-refractivity contribution in [3.63, 3.8) is 0 Å². The van der Waals surface area contributed by atoms with Crippen molar-refractivity contribution < 1.29 is 9.59 Å². The minimum absolute atomic E-state index is 0.178. The molecular weight excluding hydrogens is 218 g/mol. The van der Waals surface area contributed by atoms with Crippen LogP contribution >= 0.6 is 0 Å². The second kappa shape index (κ2) is 7.14. The molecule has 0 aliphatic heterocycles. The van der Waals surface area contributed by atoms with E-state index in [0.717, 1.165) is 12.8 Å². The molecule has 0 rings (SSSR count). The van der Waals surface area contributed by atoms with E-state index in [1.807, 2.05) is 20.8 Å². The van der Waals surface area contributed by atoms with E-state index in [1.54, 1.807) is 6.92 Å². The summed E-state index contributed by atoms with van der Waals surface area (Å²) in [5.41, 5.74) is -0.286. The molecule has 0 aliphatic rings. The monoisotopic (exact) mass is 243 g/mol. The van der Waals surface area contributed by atoms with Crippen LogP contribution in [0.15, 0.2) is 0 Å². The van der Waals surface area contributed by atoms with Crippen molar-refractivity contribution in [2.45, 2.75) is 59.0 Å². The van der Waals surface area contributed by atoms with Crippen molar-refractivity contribution in [3.8, 4) is 0 Å². The van der Waals surface area contributed by atoms with E-state index in [0.29, 0.717) is 6.54 Å². The van der Waals surface area contributed by atoms with Crippen LogP contribution in [0.1, 0.15) is 47.5 Å². The molecule has 0 saturated heterocycles. The summed E-state index contributed by atoms with van der Waals surface area (Å²) in [7, 11) is 0. The third kappa shape index (κ3) is 8.54. The lowest BCUT2D eigenvalue weighted by Crippen LogP contribution is -2.52. The Bertz CT molecular complexity index is 259. The average molecular weight is 243 g/mol. The first kappa shape index (κ1) is 15.7. The summed E-state index contributed by atoms with van der Waals surface area (Å²) in [5, 5.41) is 8.11. The standard InChI is InChI=1S/C12H25N3O2/c1-6-7-8-13-11(17)14-9(2)10(16)15-12(3,4)5/h9H,6-8H2,1-5H3,(H,15,16)(H2,13,14,17). The van der Waals surface area contributed by atoms with Gasteiger partial charge < -0.3 is 16.0 Å². The van der Waals surface area contributed by atoms with Crippen molar-refractivity contribution in [3.05, 3.63) is 0 Å². The maximum atomic E-state index is 11.7. The molecule has 3 amide bonds. The largest absolute Gasteiger partial charge is 0.350 e. The maximum Gasteiger partial charge on any atom is 0.315 e. The second-order valence-electron chi connectivity index (χ2n) is 5.21. The van der Waals surface area contributed by atoms with Gasteiger partial charge in [-0.25, -0.2) is 4.79 Å². The van der Waals surface area contributed by atoms with Crippen LogP contribution < -0.4 is 16.0 Å². The second-order valence-corrected chi connectivity index (χ2v) is 5.21. The molecule has 0 radical (unpaired) electrons. The molecule has 3 N–H and O–H groups in total. The van der Waals surface area contributed by atoms with Gasteiger partial charge in [0, 0.05) is 12.1 Å². The number of amides is 3. The van der Waals surface area contributed by atoms with Gasteiger partial charge in [-0.05, 0) is 34.1 Å². The minimum atomic E-state index is -0.532. The summed E-state index contributed by atoms with van der Waals surface area (Å²) in [6, 6.07) is -0.828. The first-order chi connectivity index (χ1) is 7.76. The summed E-state index contributed by atoms with van der Waals surface area (Å²) >= 11 is 0. The van der Waals surface area contributed by atoms with Crippen LogP contribution in [0.5, 0.6) is 0 Å². The van der Waals surface area contributed by atoms with Gasteiger partial charge in [-0.3, -0.25) is 4.79 Å². The normalized spacial score (nSPS) is 12.8. The summed E-state index contributed by atoms with van der Waals surface area (Å²) in [4.78, 5) is 23.1. The fraction of sp³-hybridized carbons (Fsp3) is 0.833. The Morgan fingerprint density at radius 2 is 1.82 bits per heavy atom. The molecular formula is C12H25N3O2. The molecule has 0 aliphatic carbocycles. The van der Waals surface area contributed by atoms with E-state index in [4.69, 9.17) is 0 Å². The smallest absolute Gasteiger partial charge is 0.315 e. The van der Waals surface area contributed by atoms with Crippen LogP contribution in [0.2, 0.25) is 0 Å². The van der Waals surface area contributed by atoms with Gasteiger partial charge in [0.05, 0.1) is 0 Å². The highest BCUT2D eigenvalue weighted by Crippen LogP contribution is 1.99. The van der Waals surface area contributed by atoms with Gasteiger partial charge in [0.25, 0.3) is 0 Å². The lowest BCUT2D eigenvalue weighted by atomic mass is 10.1. The van der Waals surface area contributed by atoms with E-state index >= 15 is 0 Å². The Hall–Kier alpha value is -1.26.